The molecular formula is C12H12FN3O2S. The molecule has 2 rings (SSSR count). The first-order valence-corrected chi connectivity index (χ1v) is 6.45. The predicted molar refractivity (Wildman–Crippen MR) is 69.8 cm³/mol. The standard InChI is InChI=1S/C12H12FN3O2S/c1-18-10-4-2-8(6-9(10)13)3-5-11(17)15-12-16-14-7-19-12/h2,4,6-7H,3,5H2,1H3,(H,15,16,17). The summed E-state index contributed by atoms with van der Waals surface area (Å²) in [5, 5.41) is 10.4. The minimum Gasteiger partial charge on any atom is -0.494 e. The van der Waals surface area contributed by atoms with Gasteiger partial charge in [0.1, 0.15) is 5.51 Å². The minimum absolute atomic E-state index is 0.173. The quantitative estimate of drug-likeness (QED) is 0.913. The molecule has 0 atom stereocenters. The monoisotopic (exact) mass is 281 g/mol. The number of rotatable bonds is 5. The molecule has 7 heteroatoms. The first-order valence-electron chi connectivity index (χ1n) is 5.57. The maximum atomic E-state index is 13.4. The highest BCUT2D eigenvalue weighted by molar-refractivity contribution is 7.13. The van der Waals surface area contributed by atoms with Crippen LogP contribution in [0.4, 0.5) is 9.52 Å². The molecule has 1 heterocycles. The molecule has 1 aromatic carbocycles. The molecule has 19 heavy (non-hydrogen) atoms. The van der Waals surface area contributed by atoms with Gasteiger partial charge in [0.25, 0.3) is 0 Å². The lowest BCUT2D eigenvalue weighted by atomic mass is 10.1. The third-order valence-electron chi connectivity index (χ3n) is 2.46. The zero-order valence-electron chi connectivity index (χ0n) is 10.2. The molecule has 0 spiro atoms. The lowest BCUT2D eigenvalue weighted by molar-refractivity contribution is -0.116. The Kier molecular flexibility index (Phi) is 4.40. The fourth-order valence-electron chi connectivity index (χ4n) is 1.53. The number of halogens is 1. The van der Waals surface area contributed by atoms with Crippen LogP contribution in [0, 0.1) is 5.82 Å². The van der Waals surface area contributed by atoms with Crippen molar-refractivity contribution < 1.29 is 13.9 Å². The van der Waals surface area contributed by atoms with Crippen molar-refractivity contribution in [3.8, 4) is 5.75 Å². The van der Waals surface area contributed by atoms with E-state index in [0.717, 1.165) is 5.56 Å². The van der Waals surface area contributed by atoms with Crippen molar-refractivity contribution in [2.75, 3.05) is 12.4 Å². The number of hydrogen-bond donors (Lipinski definition) is 1. The number of nitrogens with zero attached hydrogens (tertiary/aromatic N) is 2. The summed E-state index contributed by atoms with van der Waals surface area (Å²) in [6.45, 7) is 0. The molecule has 0 saturated carbocycles. The van der Waals surface area contributed by atoms with Crippen LogP contribution in [0.3, 0.4) is 0 Å². The molecule has 2 aromatic rings. The Hall–Kier alpha value is -2.02. The number of aryl methyl sites for hydroxylation is 1. The van der Waals surface area contributed by atoms with Crippen molar-refractivity contribution in [3.63, 3.8) is 0 Å². The Morgan fingerprint density at radius 3 is 3.00 bits per heavy atom. The average Bonchev–Trinajstić information content (AvgIpc) is 2.89. The van der Waals surface area contributed by atoms with E-state index in [1.165, 1.54) is 30.0 Å². The topological polar surface area (TPSA) is 64.1 Å². The second kappa shape index (κ2) is 6.24. The fourth-order valence-corrected chi connectivity index (χ4v) is 1.99. The van der Waals surface area contributed by atoms with Crippen molar-refractivity contribution >= 4 is 22.4 Å². The number of aromatic nitrogens is 2. The van der Waals surface area contributed by atoms with Gasteiger partial charge in [0, 0.05) is 6.42 Å². The van der Waals surface area contributed by atoms with Crippen LogP contribution in [0.1, 0.15) is 12.0 Å². The Morgan fingerprint density at radius 1 is 1.53 bits per heavy atom. The maximum Gasteiger partial charge on any atom is 0.226 e. The molecule has 5 nitrogen and oxygen atoms in total. The van der Waals surface area contributed by atoms with Gasteiger partial charge in [-0.05, 0) is 24.1 Å². The molecule has 0 unspecified atom stereocenters. The molecule has 1 amide bonds. The van der Waals surface area contributed by atoms with E-state index in [0.29, 0.717) is 11.6 Å². The first kappa shape index (κ1) is 13.4. The van der Waals surface area contributed by atoms with Gasteiger partial charge in [-0.2, -0.15) is 0 Å². The Bertz CT molecular complexity index is 560. The number of benzene rings is 1. The van der Waals surface area contributed by atoms with Gasteiger partial charge in [-0.3, -0.25) is 4.79 Å². The summed E-state index contributed by atoms with van der Waals surface area (Å²) in [5.74, 6) is -0.403. The van der Waals surface area contributed by atoms with E-state index >= 15 is 0 Å². The van der Waals surface area contributed by atoms with E-state index in [1.54, 1.807) is 12.1 Å². The van der Waals surface area contributed by atoms with Crippen LogP contribution in [0.5, 0.6) is 5.75 Å². The SMILES string of the molecule is COc1ccc(CCC(=O)Nc2nncs2)cc1F. The number of carbonyl (C=O) groups excluding carboxylic acids is 1. The second-order valence-electron chi connectivity index (χ2n) is 3.76. The highest BCUT2D eigenvalue weighted by Crippen LogP contribution is 2.18. The lowest BCUT2D eigenvalue weighted by Gasteiger charge is -2.05. The number of ether oxygens (including phenoxy) is 1. The molecule has 0 bridgehead atoms. The van der Waals surface area contributed by atoms with Crippen LogP contribution in [-0.4, -0.2) is 23.2 Å². The Balaban J connectivity index is 1.88. The summed E-state index contributed by atoms with van der Waals surface area (Å²) in [5.41, 5.74) is 2.28. The number of nitrogens with one attached hydrogen (secondary N) is 1. The summed E-state index contributed by atoms with van der Waals surface area (Å²) in [6.07, 6.45) is 0.705. The highest BCUT2D eigenvalue weighted by atomic mass is 32.1. The van der Waals surface area contributed by atoms with Crippen LogP contribution >= 0.6 is 11.3 Å². The summed E-state index contributed by atoms with van der Waals surface area (Å²) >= 11 is 1.25. The molecule has 100 valence electrons. The Morgan fingerprint density at radius 2 is 2.37 bits per heavy atom. The summed E-state index contributed by atoms with van der Waals surface area (Å²) in [4.78, 5) is 11.6. The number of hydrogen-bond acceptors (Lipinski definition) is 5. The van der Waals surface area contributed by atoms with E-state index in [4.69, 9.17) is 4.74 Å². The first-order chi connectivity index (χ1) is 9.19. The minimum atomic E-state index is -0.426. The third kappa shape index (κ3) is 3.72. The number of amides is 1. The average molecular weight is 281 g/mol. The fraction of sp³-hybridized carbons (Fsp3) is 0.250. The van der Waals surface area contributed by atoms with E-state index < -0.39 is 5.82 Å². The third-order valence-corrected chi connectivity index (χ3v) is 3.07. The molecule has 1 N–H and O–H groups in total. The van der Waals surface area contributed by atoms with Crippen LogP contribution in [0.25, 0.3) is 0 Å². The molecule has 0 saturated heterocycles. The van der Waals surface area contributed by atoms with Crippen molar-refractivity contribution in [3.05, 3.63) is 35.1 Å². The predicted octanol–water partition coefficient (Wildman–Crippen LogP) is 2.26. The van der Waals surface area contributed by atoms with Gasteiger partial charge in [0.05, 0.1) is 7.11 Å². The van der Waals surface area contributed by atoms with Crippen molar-refractivity contribution in [2.45, 2.75) is 12.8 Å². The van der Waals surface area contributed by atoms with E-state index in [9.17, 15) is 9.18 Å². The van der Waals surface area contributed by atoms with Crippen LogP contribution in [0.2, 0.25) is 0 Å². The highest BCUT2D eigenvalue weighted by Gasteiger charge is 2.07. The van der Waals surface area contributed by atoms with E-state index in [2.05, 4.69) is 15.5 Å². The van der Waals surface area contributed by atoms with Crippen molar-refractivity contribution in [1.82, 2.24) is 10.2 Å². The van der Waals surface area contributed by atoms with Gasteiger partial charge < -0.3 is 10.1 Å². The van der Waals surface area contributed by atoms with Gasteiger partial charge in [0.2, 0.25) is 11.0 Å². The summed E-state index contributed by atoms with van der Waals surface area (Å²) in [6, 6.07) is 4.66. The molecule has 0 aliphatic carbocycles. The molecule has 1 aromatic heterocycles. The van der Waals surface area contributed by atoms with Gasteiger partial charge >= 0.3 is 0 Å². The number of anilines is 1. The van der Waals surface area contributed by atoms with Gasteiger partial charge in [-0.25, -0.2) is 4.39 Å². The maximum absolute atomic E-state index is 13.4. The van der Waals surface area contributed by atoms with Gasteiger partial charge in [-0.1, -0.05) is 17.4 Å². The van der Waals surface area contributed by atoms with Gasteiger partial charge in [0.15, 0.2) is 11.6 Å². The molecule has 0 fully saturated rings. The van der Waals surface area contributed by atoms with Crippen LogP contribution in [-0.2, 0) is 11.2 Å². The lowest BCUT2D eigenvalue weighted by Crippen LogP contribution is -2.12. The Labute approximate surface area is 113 Å². The van der Waals surface area contributed by atoms with Crippen LogP contribution < -0.4 is 10.1 Å². The van der Waals surface area contributed by atoms with E-state index in [1.807, 2.05) is 0 Å². The molecule has 0 aliphatic rings. The van der Waals surface area contributed by atoms with Crippen LogP contribution in [0.15, 0.2) is 23.7 Å². The summed E-state index contributed by atoms with van der Waals surface area (Å²) in [7, 11) is 1.41. The smallest absolute Gasteiger partial charge is 0.226 e. The second-order valence-corrected chi connectivity index (χ2v) is 4.59. The number of methoxy groups -OCH3 is 1. The molecule has 0 radical (unpaired) electrons. The summed E-state index contributed by atoms with van der Waals surface area (Å²) < 4.78 is 18.3. The van der Waals surface area contributed by atoms with Gasteiger partial charge in [-0.15, -0.1) is 10.2 Å². The normalized spacial score (nSPS) is 10.2. The number of carbonyl (C=O) groups is 1. The molecule has 0 aliphatic heterocycles. The van der Waals surface area contributed by atoms with Crippen molar-refractivity contribution in [1.29, 1.82) is 0 Å². The van der Waals surface area contributed by atoms with Crippen molar-refractivity contribution in [2.24, 2.45) is 0 Å². The molecular weight excluding hydrogens is 269 g/mol. The van der Waals surface area contributed by atoms with E-state index in [-0.39, 0.29) is 18.1 Å². The zero-order valence-corrected chi connectivity index (χ0v) is 11.0. The zero-order chi connectivity index (χ0) is 13.7. The largest absolute Gasteiger partial charge is 0.494 e.